The molecule has 5 aliphatic rings. The number of phenolic OH excluding ortho intramolecular Hbond substituents is 1. The van der Waals surface area contributed by atoms with E-state index in [-0.39, 0.29) is 41.6 Å². The smallest absolute Gasteiger partial charge is 0.265 e. The molecule has 3 amide bonds. The Morgan fingerprint density at radius 1 is 0.792 bits per heavy atom. The van der Waals surface area contributed by atoms with Gasteiger partial charge in [0.25, 0.3) is 11.5 Å². The van der Waals surface area contributed by atoms with E-state index in [0.29, 0.717) is 47.5 Å². The van der Waals surface area contributed by atoms with Crippen LogP contribution in [0.25, 0.3) is 16.6 Å². The van der Waals surface area contributed by atoms with Crippen molar-refractivity contribution in [3.05, 3.63) is 94.0 Å². The summed E-state index contributed by atoms with van der Waals surface area (Å²) in [6, 6.07) is 18.9. The van der Waals surface area contributed by atoms with E-state index in [1.54, 1.807) is 17.3 Å². The first-order valence-corrected chi connectivity index (χ1v) is 19.0. The molecular formula is C41H44N6O6. The highest BCUT2D eigenvalue weighted by molar-refractivity contribution is 6.05. The number of nitrogens with zero attached hydrogens (tertiary/aromatic N) is 5. The van der Waals surface area contributed by atoms with E-state index in [4.69, 9.17) is 4.74 Å². The van der Waals surface area contributed by atoms with E-state index in [9.17, 15) is 24.3 Å². The molecule has 0 spiro atoms. The lowest BCUT2D eigenvalue weighted by Crippen LogP contribution is -2.52. The third-order valence-corrected chi connectivity index (χ3v) is 12.2. The molecule has 5 heterocycles. The maximum Gasteiger partial charge on any atom is 0.265 e. The maximum absolute atomic E-state index is 13.1. The van der Waals surface area contributed by atoms with Gasteiger partial charge in [0.1, 0.15) is 18.1 Å². The van der Waals surface area contributed by atoms with E-state index in [1.165, 1.54) is 22.3 Å². The van der Waals surface area contributed by atoms with Crippen molar-refractivity contribution in [2.24, 2.45) is 0 Å². The third kappa shape index (κ3) is 6.48. The number of anilines is 1. The molecule has 53 heavy (non-hydrogen) atoms. The first kappa shape index (κ1) is 33.7. The number of piperidine rings is 3. The van der Waals surface area contributed by atoms with Gasteiger partial charge < -0.3 is 24.5 Å². The van der Waals surface area contributed by atoms with E-state index in [0.717, 1.165) is 81.6 Å². The summed E-state index contributed by atoms with van der Waals surface area (Å²) < 4.78 is 8.12. The van der Waals surface area contributed by atoms with Crippen LogP contribution < -0.4 is 15.8 Å². The van der Waals surface area contributed by atoms with E-state index in [1.807, 2.05) is 24.3 Å². The minimum atomic E-state index is -0.597. The molecule has 4 fully saturated rings. The Morgan fingerprint density at radius 2 is 1.55 bits per heavy atom. The van der Waals surface area contributed by atoms with Crippen LogP contribution in [0.1, 0.15) is 78.8 Å². The fraction of sp³-hybridized carbons (Fsp3) is 0.439. The molecule has 4 aliphatic heterocycles. The molecule has 1 atom stereocenters. The number of phenols is 1. The Balaban J connectivity index is 0.719. The largest absolute Gasteiger partial charge is 0.508 e. The van der Waals surface area contributed by atoms with Crippen LogP contribution in [0.5, 0.6) is 5.75 Å². The monoisotopic (exact) mass is 716 g/mol. The molecule has 1 unspecified atom stereocenters. The van der Waals surface area contributed by atoms with Gasteiger partial charge in [0.2, 0.25) is 11.8 Å². The topological polar surface area (TPSA) is 137 Å². The predicted molar refractivity (Wildman–Crippen MR) is 198 cm³/mol. The number of imide groups is 1. The number of aromatic nitrogens is 2. The maximum atomic E-state index is 13.1. The highest BCUT2D eigenvalue weighted by Gasteiger charge is 2.40. The van der Waals surface area contributed by atoms with Crippen LogP contribution in [-0.2, 0) is 20.9 Å². The molecule has 2 N–H and O–H groups in total. The second kappa shape index (κ2) is 13.7. The SMILES string of the molecule is O=C1CCC(N2Cc3cc(N4CCC(OC5CC(N6CCC(c7ccc(-n8cnc9ccc(O)cc9c8=O)cc7)CC6)C5)CC4)ccc3C2=O)C(=O)N1. The Kier molecular flexibility index (Phi) is 8.74. The van der Waals surface area contributed by atoms with Crippen molar-refractivity contribution >= 4 is 34.3 Å². The van der Waals surface area contributed by atoms with Crippen LogP contribution in [0.2, 0.25) is 0 Å². The lowest BCUT2D eigenvalue weighted by atomic mass is 9.83. The van der Waals surface area contributed by atoms with Crippen molar-refractivity contribution in [2.45, 2.75) is 88.1 Å². The molecule has 1 aliphatic carbocycles. The zero-order chi connectivity index (χ0) is 36.2. The Bertz CT molecular complexity index is 2130. The van der Waals surface area contributed by atoms with Crippen molar-refractivity contribution in [3.8, 4) is 11.4 Å². The Morgan fingerprint density at radius 3 is 2.30 bits per heavy atom. The number of aromatic hydroxyl groups is 1. The number of ether oxygens (including phenoxy) is 1. The zero-order valence-electron chi connectivity index (χ0n) is 29.7. The van der Waals surface area contributed by atoms with Gasteiger partial charge in [0.05, 0.1) is 28.8 Å². The fourth-order valence-electron chi connectivity index (χ4n) is 9.03. The quantitative estimate of drug-likeness (QED) is 0.269. The zero-order valence-corrected chi connectivity index (χ0v) is 29.7. The molecule has 1 aromatic heterocycles. The van der Waals surface area contributed by atoms with Crippen molar-refractivity contribution in [2.75, 3.05) is 31.1 Å². The number of carbonyl (C=O) groups is 3. The number of likely N-dealkylation sites (tertiary alicyclic amines) is 1. The van der Waals surface area contributed by atoms with Crippen LogP contribution in [-0.4, -0.2) is 92.6 Å². The summed E-state index contributed by atoms with van der Waals surface area (Å²) in [7, 11) is 0. The highest BCUT2D eigenvalue weighted by atomic mass is 16.5. The summed E-state index contributed by atoms with van der Waals surface area (Å²) in [6.07, 6.45) is 9.11. The van der Waals surface area contributed by atoms with Crippen LogP contribution in [0.3, 0.4) is 0 Å². The van der Waals surface area contributed by atoms with Crippen LogP contribution in [0.15, 0.2) is 71.8 Å². The average Bonchev–Trinajstić information content (AvgIpc) is 3.48. The highest BCUT2D eigenvalue weighted by Crippen LogP contribution is 2.37. The number of benzene rings is 3. The summed E-state index contributed by atoms with van der Waals surface area (Å²) in [5, 5.41) is 12.6. The predicted octanol–water partition coefficient (Wildman–Crippen LogP) is 4.25. The number of hydrogen-bond acceptors (Lipinski definition) is 9. The summed E-state index contributed by atoms with van der Waals surface area (Å²) in [5.41, 5.74) is 5.12. The molecule has 0 radical (unpaired) electrons. The van der Waals surface area contributed by atoms with Gasteiger partial charge >= 0.3 is 0 Å². The first-order valence-electron chi connectivity index (χ1n) is 19.0. The molecule has 12 nitrogen and oxygen atoms in total. The van der Waals surface area contributed by atoms with Crippen molar-refractivity contribution < 1.29 is 24.2 Å². The van der Waals surface area contributed by atoms with Gasteiger partial charge in [-0.25, -0.2) is 4.98 Å². The van der Waals surface area contributed by atoms with Crippen molar-refractivity contribution in [3.63, 3.8) is 0 Å². The molecule has 0 bridgehead atoms. The molecule has 12 heteroatoms. The lowest BCUT2D eigenvalue weighted by Gasteiger charge is -2.47. The van der Waals surface area contributed by atoms with Gasteiger partial charge in [-0.15, -0.1) is 0 Å². The number of amides is 3. The van der Waals surface area contributed by atoms with Gasteiger partial charge in [-0.2, -0.15) is 0 Å². The van der Waals surface area contributed by atoms with E-state index >= 15 is 0 Å². The molecule has 4 aromatic rings. The fourth-order valence-corrected chi connectivity index (χ4v) is 9.03. The summed E-state index contributed by atoms with van der Waals surface area (Å²) in [4.78, 5) is 61.2. The van der Waals surface area contributed by atoms with Gasteiger partial charge in [-0.05, 0) is 124 Å². The lowest BCUT2D eigenvalue weighted by molar-refractivity contribution is -0.136. The Hall–Kier alpha value is -5.07. The minimum absolute atomic E-state index is 0.0516. The number of hydrogen-bond donors (Lipinski definition) is 2. The molecular weight excluding hydrogens is 672 g/mol. The molecule has 1 saturated carbocycles. The average molecular weight is 717 g/mol. The number of nitrogens with one attached hydrogen (secondary N) is 1. The minimum Gasteiger partial charge on any atom is -0.508 e. The van der Waals surface area contributed by atoms with Gasteiger partial charge in [0.15, 0.2) is 0 Å². The third-order valence-electron chi connectivity index (χ3n) is 12.2. The van der Waals surface area contributed by atoms with Crippen molar-refractivity contribution in [1.82, 2.24) is 24.7 Å². The van der Waals surface area contributed by atoms with Gasteiger partial charge in [0, 0.05) is 43.3 Å². The summed E-state index contributed by atoms with van der Waals surface area (Å²) >= 11 is 0. The Labute approximate surface area is 307 Å². The normalized spacial score (nSPS) is 24.4. The number of carbonyl (C=O) groups excluding carboxylic acids is 3. The standard InChI is InChI=1S/C41H44N6O6/c48-31-6-8-36-35(22-31)41(52)47(24-42-36)28-3-1-25(2-4-28)26-11-15-45(16-12-26)30-20-33(21-30)53-32-13-17-44(18-14-32)29-5-7-34-27(19-29)23-46(40(34)51)37-9-10-38(49)43-39(37)50/h1-8,19,22,24,26,30,32-33,37,48H,9-18,20-21,23H2,(H,43,49,50). The van der Waals surface area contributed by atoms with Crippen LogP contribution in [0, 0.1) is 0 Å². The van der Waals surface area contributed by atoms with Crippen LogP contribution >= 0.6 is 0 Å². The first-order chi connectivity index (χ1) is 25.8. The molecule has 274 valence electrons. The second-order valence-electron chi connectivity index (χ2n) is 15.3. The second-order valence-corrected chi connectivity index (χ2v) is 15.3. The molecule has 9 rings (SSSR count). The molecule has 3 saturated heterocycles. The van der Waals surface area contributed by atoms with E-state index < -0.39 is 6.04 Å². The van der Waals surface area contributed by atoms with E-state index in [2.05, 4.69) is 38.3 Å². The molecule has 3 aromatic carbocycles. The summed E-state index contributed by atoms with van der Waals surface area (Å²) in [5.74, 6) is -0.249. The number of rotatable bonds is 7. The van der Waals surface area contributed by atoms with Gasteiger partial charge in [-0.3, -0.25) is 29.1 Å². The number of fused-ring (bicyclic) bond motifs is 2. The van der Waals surface area contributed by atoms with Crippen LogP contribution in [0.4, 0.5) is 5.69 Å². The van der Waals surface area contributed by atoms with Gasteiger partial charge in [-0.1, -0.05) is 12.1 Å². The summed E-state index contributed by atoms with van der Waals surface area (Å²) in [6.45, 7) is 4.36. The van der Waals surface area contributed by atoms with Crippen molar-refractivity contribution in [1.29, 1.82) is 0 Å².